The van der Waals surface area contributed by atoms with Crippen LogP contribution in [-0.2, 0) is 10.7 Å². The number of ether oxygens (including phenoxy) is 1. The summed E-state index contributed by atoms with van der Waals surface area (Å²) >= 11 is 5.75. The van der Waals surface area contributed by atoms with Crippen LogP contribution in [-0.4, -0.2) is 7.11 Å². The maximum Gasteiger partial charge on any atom is 0.133 e. The van der Waals surface area contributed by atoms with Crippen molar-refractivity contribution < 1.29 is 4.74 Å². The molecule has 0 bridgehead atoms. The molecular formula is C13H12ClNOS. The predicted molar refractivity (Wildman–Crippen MR) is 71.6 cm³/mol. The molecule has 0 radical (unpaired) electrons. The van der Waals surface area contributed by atoms with E-state index in [1.807, 2.05) is 54.6 Å². The third-order valence-corrected chi connectivity index (χ3v) is 4.34. The van der Waals surface area contributed by atoms with E-state index in [4.69, 9.17) is 16.5 Å². The quantitative estimate of drug-likeness (QED) is 0.820. The minimum Gasteiger partial charge on any atom is -0.496 e. The average molecular weight is 266 g/mol. The highest BCUT2D eigenvalue weighted by molar-refractivity contribution is 7.88. The molecule has 0 amide bonds. The zero-order valence-electron chi connectivity index (χ0n) is 9.34. The molecule has 2 nitrogen and oxygen atoms in total. The van der Waals surface area contributed by atoms with Gasteiger partial charge in [0.1, 0.15) is 5.75 Å². The average Bonchev–Trinajstić information content (AvgIpc) is 2.41. The summed E-state index contributed by atoms with van der Waals surface area (Å²) in [7, 11) is 1.15. The van der Waals surface area contributed by atoms with Crippen LogP contribution in [0.1, 0.15) is 0 Å². The van der Waals surface area contributed by atoms with E-state index in [0.29, 0.717) is 0 Å². The van der Waals surface area contributed by atoms with Gasteiger partial charge in [-0.1, -0.05) is 30.3 Å². The lowest BCUT2D eigenvalue weighted by Crippen LogP contribution is -1.95. The monoisotopic (exact) mass is 265 g/mol. The highest BCUT2D eigenvalue weighted by atomic mass is 35.5. The van der Waals surface area contributed by atoms with E-state index in [-0.39, 0.29) is 0 Å². The molecule has 0 aromatic heterocycles. The standard InChI is InChI=1S/C13H12ClNOS/c1-16-12-9-5-6-10-13(12)17(15-14)11-7-3-2-4-8-11/h2-10H,1H3/t17-/m0/s1. The van der Waals surface area contributed by atoms with Gasteiger partial charge in [0, 0.05) is 16.7 Å². The van der Waals surface area contributed by atoms with Crippen molar-refractivity contribution in [2.75, 3.05) is 7.11 Å². The molecule has 0 aliphatic rings. The number of methoxy groups -OCH3 is 1. The van der Waals surface area contributed by atoms with Crippen molar-refractivity contribution in [3.8, 4) is 5.75 Å². The van der Waals surface area contributed by atoms with Gasteiger partial charge in [0.25, 0.3) is 0 Å². The zero-order valence-corrected chi connectivity index (χ0v) is 10.9. The lowest BCUT2D eigenvalue weighted by atomic mass is 10.3. The fourth-order valence-corrected chi connectivity index (χ4v) is 3.37. The Morgan fingerprint density at radius 1 is 1.00 bits per heavy atom. The Kier molecular flexibility index (Phi) is 4.18. The summed E-state index contributed by atoms with van der Waals surface area (Å²) in [5.41, 5.74) is 0. The Balaban J connectivity index is 2.51. The van der Waals surface area contributed by atoms with Gasteiger partial charge in [0.15, 0.2) is 0 Å². The number of nitrogens with zero attached hydrogens (tertiary/aromatic N) is 1. The first kappa shape index (κ1) is 12.1. The summed E-state index contributed by atoms with van der Waals surface area (Å²) in [6, 6.07) is 17.8. The van der Waals surface area contributed by atoms with E-state index in [0.717, 1.165) is 15.5 Å². The van der Waals surface area contributed by atoms with Crippen molar-refractivity contribution in [3.63, 3.8) is 0 Å². The summed E-state index contributed by atoms with van der Waals surface area (Å²) in [5, 5.41) is 0. The van der Waals surface area contributed by atoms with E-state index in [9.17, 15) is 0 Å². The summed E-state index contributed by atoms with van der Waals surface area (Å²) in [6.45, 7) is 0. The van der Waals surface area contributed by atoms with Crippen LogP contribution in [0.2, 0.25) is 0 Å². The Morgan fingerprint density at radius 2 is 1.65 bits per heavy atom. The van der Waals surface area contributed by atoms with Gasteiger partial charge < -0.3 is 4.74 Å². The van der Waals surface area contributed by atoms with E-state index in [1.54, 1.807) is 7.11 Å². The van der Waals surface area contributed by atoms with Crippen LogP contribution in [0.25, 0.3) is 0 Å². The minimum absolute atomic E-state index is 0.504. The van der Waals surface area contributed by atoms with Crippen LogP contribution in [0.15, 0.2) is 68.3 Å². The zero-order chi connectivity index (χ0) is 12.1. The molecule has 0 unspecified atom stereocenters. The molecule has 2 rings (SSSR count). The number of hydrogen-bond donors (Lipinski definition) is 0. The molecule has 0 heterocycles. The molecule has 0 N–H and O–H groups in total. The van der Waals surface area contributed by atoms with Crippen molar-refractivity contribution in [2.45, 2.75) is 9.79 Å². The molecule has 2 aromatic carbocycles. The molecule has 88 valence electrons. The number of rotatable bonds is 3. The SMILES string of the molecule is COc1ccccc1[S@@](=NCl)c1ccccc1. The smallest absolute Gasteiger partial charge is 0.133 e. The summed E-state index contributed by atoms with van der Waals surface area (Å²) in [6.07, 6.45) is 0. The molecule has 4 heteroatoms. The molecular weight excluding hydrogens is 254 g/mol. The maximum absolute atomic E-state index is 5.75. The highest BCUT2D eigenvalue weighted by Crippen LogP contribution is 2.27. The van der Waals surface area contributed by atoms with Gasteiger partial charge in [-0.15, -0.1) is 3.88 Å². The summed E-state index contributed by atoms with van der Waals surface area (Å²) in [5.74, 6) is 0.809. The Morgan fingerprint density at radius 3 is 2.29 bits per heavy atom. The van der Waals surface area contributed by atoms with Crippen molar-refractivity contribution in [1.29, 1.82) is 0 Å². The van der Waals surface area contributed by atoms with Gasteiger partial charge in [-0.3, -0.25) is 0 Å². The first-order valence-electron chi connectivity index (χ1n) is 5.11. The van der Waals surface area contributed by atoms with Gasteiger partial charge in [0.05, 0.1) is 12.0 Å². The lowest BCUT2D eigenvalue weighted by Gasteiger charge is -2.10. The first-order valence-corrected chi connectivity index (χ1v) is 6.63. The lowest BCUT2D eigenvalue weighted by molar-refractivity contribution is 0.404. The molecule has 0 saturated carbocycles. The normalized spacial score (nSPS) is 12.4. The van der Waals surface area contributed by atoms with Gasteiger partial charge in [0.2, 0.25) is 0 Å². The summed E-state index contributed by atoms with van der Waals surface area (Å²) in [4.78, 5) is 2.07. The second kappa shape index (κ2) is 5.84. The minimum atomic E-state index is -0.504. The highest BCUT2D eigenvalue weighted by Gasteiger charge is 2.09. The number of halogens is 1. The van der Waals surface area contributed by atoms with Crippen LogP contribution in [0.3, 0.4) is 0 Å². The molecule has 0 aliphatic carbocycles. The molecule has 1 atom stereocenters. The van der Waals surface area contributed by atoms with Gasteiger partial charge in [-0.2, -0.15) is 0 Å². The van der Waals surface area contributed by atoms with Crippen molar-refractivity contribution in [1.82, 2.24) is 0 Å². The van der Waals surface area contributed by atoms with Crippen molar-refractivity contribution in [2.24, 2.45) is 3.88 Å². The third kappa shape index (κ3) is 2.68. The van der Waals surface area contributed by atoms with Crippen molar-refractivity contribution >= 4 is 22.5 Å². The Hall–Kier alpha value is -1.32. The van der Waals surface area contributed by atoms with Crippen LogP contribution in [0.5, 0.6) is 5.75 Å². The predicted octanol–water partition coefficient (Wildman–Crippen LogP) is 4.07. The number of hydrogen-bond acceptors (Lipinski definition) is 2. The molecule has 0 spiro atoms. The third-order valence-electron chi connectivity index (χ3n) is 2.31. The van der Waals surface area contributed by atoms with E-state index in [2.05, 4.69) is 3.88 Å². The maximum atomic E-state index is 5.75. The topological polar surface area (TPSA) is 21.6 Å². The molecule has 0 fully saturated rings. The van der Waals surface area contributed by atoms with Crippen LogP contribution in [0.4, 0.5) is 0 Å². The van der Waals surface area contributed by atoms with Gasteiger partial charge in [-0.05, 0) is 35.0 Å². The second-order valence-corrected chi connectivity index (χ2v) is 5.35. The molecule has 17 heavy (non-hydrogen) atoms. The largest absolute Gasteiger partial charge is 0.496 e. The number of benzene rings is 2. The first-order chi connectivity index (χ1) is 8.36. The Bertz CT molecular complexity index is 528. The Labute approximate surface area is 108 Å². The van der Waals surface area contributed by atoms with Crippen LogP contribution >= 0.6 is 11.8 Å². The number of para-hydroxylation sites is 1. The molecule has 0 saturated heterocycles. The van der Waals surface area contributed by atoms with Gasteiger partial charge >= 0.3 is 0 Å². The fourth-order valence-electron chi connectivity index (χ4n) is 1.53. The molecule has 2 aromatic rings. The summed E-state index contributed by atoms with van der Waals surface area (Å²) < 4.78 is 9.30. The molecule has 0 aliphatic heterocycles. The second-order valence-electron chi connectivity index (χ2n) is 3.32. The van der Waals surface area contributed by atoms with E-state index in [1.165, 1.54) is 0 Å². The van der Waals surface area contributed by atoms with E-state index >= 15 is 0 Å². The van der Waals surface area contributed by atoms with Crippen LogP contribution < -0.4 is 4.74 Å². The van der Waals surface area contributed by atoms with Crippen molar-refractivity contribution in [3.05, 3.63) is 54.6 Å². The van der Waals surface area contributed by atoms with Gasteiger partial charge in [-0.25, -0.2) is 0 Å². The van der Waals surface area contributed by atoms with Crippen LogP contribution in [0, 0.1) is 0 Å². The fraction of sp³-hybridized carbons (Fsp3) is 0.0769. The van der Waals surface area contributed by atoms with E-state index < -0.39 is 10.7 Å².